The van der Waals surface area contributed by atoms with Gasteiger partial charge in [0, 0.05) is 24.8 Å². The molecule has 0 saturated carbocycles. The average molecular weight is 303 g/mol. The molecule has 0 aliphatic heterocycles. The van der Waals surface area contributed by atoms with Crippen LogP contribution in [0.15, 0.2) is 18.2 Å². The topological polar surface area (TPSA) is 65.4 Å². The summed E-state index contributed by atoms with van der Waals surface area (Å²) in [6, 6.07) is 5.49. The number of amides is 1. The second-order valence-electron chi connectivity index (χ2n) is 5.03. The third kappa shape index (κ3) is 3.05. The summed E-state index contributed by atoms with van der Waals surface area (Å²) in [4.78, 5) is 12.4. The van der Waals surface area contributed by atoms with E-state index in [2.05, 4.69) is 10.4 Å². The van der Waals surface area contributed by atoms with E-state index in [-0.39, 0.29) is 5.91 Å². The van der Waals surface area contributed by atoms with Gasteiger partial charge in [0.25, 0.3) is 5.91 Å². The number of aryl methyl sites for hydroxylation is 2. The molecule has 0 aliphatic carbocycles. The van der Waals surface area contributed by atoms with Gasteiger partial charge in [-0.05, 0) is 32.0 Å². The van der Waals surface area contributed by atoms with E-state index in [0.717, 1.165) is 22.7 Å². The van der Waals surface area contributed by atoms with Gasteiger partial charge in [-0.2, -0.15) is 5.10 Å². The summed E-state index contributed by atoms with van der Waals surface area (Å²) in [6.07, 6.45) is 0. The van der Waals surface area contributed by atoms with Gasteiger partial charge in [0.15, 0.2) is 0 Å². The summed E-state index contributed by atoms with van der Waals surface area (Å²) in [5.74, 6) is 1.28. The number of nitrogens with zero attached hydrogens (tertiary/aromatic N) is 2. The van der Waals surface area contributed by atoms with E-state index in [4.69, 9.17) is 9.47 Å². The molecule has 1 amide bonds. The largest absolute Gasteiger partial charge is 0.497 e. The fourth-order valence-electron chi connectivity index (χ4n) is 2.39. The molecular weight excluding hydrogens is 282 g/mol. The smallest absolute Gasteiger partial charge is 0.255 e. The molecule has 2 aromatic rings. The van der Waals surface area contributed by atoms with Gasteiger partial charge in [-0.3, -0.25) is 9.48 Å². The fourth-order valence-corrected chi connectivity index (χ4v) is 2.39. The van der Waals surface area contributed by atoms with Crippen LogP contribution in [-0.4, -0.2) is 29.9 Å². The molecule has 1 N–H and O–H groups in total. The Labute approximate surface area is 130 Å². The lowest BCUT2D eigenvalue weighted by Crippen LogP contribution is -2.24. The highest BCUT2D eigenvalue weighted by Crippen LogP contribution is 2.24. The normalized spacial score (nSPS) is 10.4. The number of carbonyl (C=O) groups is 1. The lowest BCUT2D eigenvalue weighted by atomic mass is 10.1. The van der Waals surface area contributed by atoms with Gasteiger partial charge in [0.1, 0.15) is 11.5 Å². The van der Waals surface area contributed by atoms with Crippen molar-refractivity contribution in [2.45, 2.75) is 20.4 Å². The Morgan fingerprint density at radius 1 is 1.27 bits per heavy atom. The number of hydrogen-bond acceptors (Lipinski definition) is 4. The minimum Gasteiger partial charge on any atom is -0.497 e. The van der Waals surface area contributed by atoms with Crippen molar-refractivity contribution in [2.75, 3.05) is 14.2 Å². The molecule has 0 unspecified atom stereocenters. The van der Waals surface area contributed by atoms with Crippen molar-refractivity contribution >= 4 is 5.91 Å². The first-order valence-corrected chi connectivity index (χ1v) is 6.97. The van der Waals surface area contributed by atoms with E-state index >= 15 is 0 Å². The van der Waals surface area contributed by atoms with Crippen LogP contribution < -0.4 is 14.8 Å². The highest BCUT2D eigenvalue weighted by atomic mass is 16.5. The number of ether oxygens (including phenoxy) is 2. The monoisotopic (exact) mass is 303 g/mol. The highest BCUT2D eigenvalue weighted by Gasteiger charge is 2.17. The minimum atomic E-state index is -0.145. The van der Waals surface area contributed by atoms with Gasteiger partial charge in [-0.15, -0.1) is 0 Å². The van der Waals surface area contributed by atoms with Gasteiger partial charge >= 0.3 is 0 Å². The van der Waals surface area contributed by atoms with Crippen molar-refractivity contribution in [3.8, 4) is 11.5 Å². The molecule has 1 aromatic carbocycles. The van der Waals surface area contributed by atoms with Gasteiger partial charge < -0.3 is 14.8 Å². The molecule has 1 aromatic heterocycles. The molecule has 0 atom stereocenters. The Balaban J connectivity index is 2.17. The third-order valence-electron chi connectivity index (χ3n) is 3.66. The van der Waals surface area contributed by atoms with E-state index in [9.17, 15) is 4.79 Å². The third-order valence-corrected chi connectivity index (χ3v) is 3.66. The first kappa shape index (κ1) is 15.9. The van der Waals surface area contributed by atoms with E-state index < -0.39 is 0 Å². The molecule has 0 saturated heterocycles. The summed E-state index contributed by atoms with van der Waals surface area (Å²) >= 11 is 0. The highest BCUT2D eigenvalue weighted by molar-refractivity contribution is 5.96. The molecule has 6 heteroatoms. The van der Waals surface area contributed by atoms with Crippen molar-refractivity contribution in [1.82, 2.24) is 15.1 Å². The lowest BCUT2D eigenvalue weighted by molar-refractivity contribution is 0.0949. The van der Waals surface area contributed by atoms with Crippen LogP contribution in [0.4, 0.5) is 0 Å². The van der Waals surface area contributed by atoms with Crippen LogP contribution in [0.5, 0.6) is 11.5 Å². The molecule has 1 heterocycles. The maximum Gasteiger partial charge on any atom is 0.255 e. The predicted molar refractivity (Wildman–Crippen MR) is 83.4 cm³/mol. The summed E-state index contributed by atoms with van der Waals surface area (Å²) in [7, 11) is 5.03. The minimum absolute atomic E-state index is 0.145. The maximum absolute atomic E-state index is 12.4. The molecule has 22 heavy (non-hydrogen) atoms. The molecule has 2 rings (SSSR count). The number of rotatable bonds is 5. The Morgan fingerprint density at radius 3 is 2.55 bits per heavy atom. The second kappa shape index (κ2) is 6.51. The van der Waals surface area contributed by atoms with Crippen molar-refractivity contribution in [3.63, 3.8) is 0 Å². The van der Waals surface area contributed by atoms with Crippen molar-refractivity contribution in [1.29, 1.82) is 0 Å². The first-order chi connectivity index (χ1) is 10.5. The van der Waals surface area contributed by atoms with Crippen molar-refractivity contribution in [2.24, 2.45) is 7.05 Å². The van der Waals surface area contributed by atoms with Crippen LogP contribution in [0.25, 0.3) is 0 Å². The summed E-state index contributed by atoms with van der Waals surface area (Å²) in [5, 5.41) is 7.17. The first-order valence-electron chi connectivity index (χ1n) is 6.97. The molecule has 0 radical (unpaired) electrons. The number of hydrogen-bond donors (Lipinski definition) is 1. The Kier molecular flexibility index (Phi) is 4.70. The Morgan fingerprint density at radius 2 is 2.00 bits per heavy atom. The van der Waals surface area contributed by atoms with Crippen molar-refractivity contribution in [3.05, 3.63) is 40.7 Å². The van der Waals surface area contributed by atoms with Gasteiger partial charge in [0.05, 0.1) is 25.5 Å². The number of carbonyl (C=O) groups excluding carboxylic acids is 1. The van der Waals surface area contributed by atoms with Crippen molar-refractivity contribution < 1.29 is 14.3 Å². The van der Waals surface area contributed by atoms with Gasteiger partial charge in [-0.25, -0.2) is 0 Å². The summed E-state index contributed by atoms with van der Waals surface area (Å²) in [5.41, 5.74) is 3.03. The quantitative estimate of drug-likeness (QED) is 0.917. The Bertz CT molecular complexity index is 692. The molecule has 0 fully saturated rings. The Hall–Kier alpha value is -2.50. The van der Waals surface area contributed by atoms with Crippen LogP contribution in [0.3, 0.4) is 0 Å². The fraction of sp³-hybridized carbons (Fsp3) is 0.375. The van der Waals surface area contributed by atoms with Crippen LogP contribution in [0, 0.1) is 13.8 Å². The van der Waals surface area contributed by atoms with Crippen LogP contribution >= 0.6 is 0 Å². The molecular formula is C16H21N3O3. The summed E-state index contributed by atoms with van der Waals surface area (Å²) in [6.45, 7) is 4.06. The summed E-state index contributed by atoms with van der Waals surface area (Å²) < 4.78 is 12.2. The van der Waals surface area contributed by atoms with Crippen LogP contribution in [0.1, 0.15) is 27.3 Å². The van der Waals surface area contributed by atoms with Gasteiger partial charge in [0.2, 0.25) is 0 Å². The van der Waals surface area contributed by atoms with Crippen LogP contribution in [-0.2, 0) is 13.6 Å². The average Bonchev–Trinajstić information content (AvgIpc) is 2.77. The standard InChI is InChI=1S/C16H21N3O3/c1-10-15(11(2)19(3)18-10)16(20)17-9-12-8-13(21-4)6-7-14(12)22-5/h6-8H,9H2,1-5H3,(H,17,20). The molecule has 118 valence electrons. The lowest BCUT2D eigenvalue weighted by Gasteiger charge is -2.11. The van der Waals surface area contributed by atoms with Gasteiger partial charge in [-0.1, -0.05) is 0 Å². The number of methoxy groups -OCH3 is 2. The van der Waals surface area contributed by atoms with Crippen LogP contribution in [0.2, 0.25) is 0 Å². The van der Waals surface area contributed by atoms with E-state index in [1.807, 2.05) is 39.1 Å². The van der Waals surface area contributed by atoms with E-state index in [1.54, 1.807) is 18.9 Å². The van der Waals surface area contributed by atoms with E-state index in [0.29, 0.717) is 17.9 Å². The van der Waals surface area contributed by atoms with E-state index in [1.165, 1.54) is 0 Å². The molecule has 6 nitrogen and oxygen atoms in total. The zero-order valence-electron chi connectivity index (χ0n) is 13.6. The molecule has 0 aliphatic rings. The number of aromatic nitrogens is 2. The molecule has 0 spiro atoms. The number of benzene rings is 1. The predicted octanol–water partition coefficient (Wildman–Crippen LogP) is 1.98. The zero-order chi connectivity index (χ0) is 16.3. The number of nitrogens with one attached hydrogen (secondary N) is 1. The SMILES string of the molecule is COc1ccc(OC)c(CNC(=O)c2c(C)nn(C)c2C)c1. The zero-order valence-corrected chi connectivity index (χ0v) is 13.6. The maximum atomic E-state index is 12.4. The molecule has 0 bridgehead atoms. The second-order valence-corrected chi connectivity index (χ2v) is 5.03.